The fraction of sp³-hybridized carbons (Fsp3) is 0.625. The second-order valence-electron chi connectivity index (χ2n) is 5.70. The van der Waals surface area contributed by atoms with E-state index in [9.17, 15) is 0 Å². The van der Waals surface area contributed by atoms with Gasteiger partial charge in [-0.2, -0.15) is 0 Å². The molecule has 1 aromatic carbocycles. The molecule has 2 fully saturated rings. The standard InChI is InChI=1S/C16H22O3/c1-13(14-8-4-2-5-9-14)15-12-17-16(19-18-15)10-6-3-7-11-16/h2,4-5,8-9,13,15H,3,6-7,10-12H2,1H3. The summed E-state index contributed by atoms with van der Waals surface area (Å²) in [5, 5.41) is 0. The Bertz CT molecular complexity index is 388. The Morgan fingerprint density at radius 1 is 1.11 bits per heavy atom. The van der Waals surface area contributed by atoms with E-state index in [0.29, 0.717) is 6.61 Å². The van der Waals surface area contributed by atoms with E-state index in [2.05, 4.69) is 31.2 Å². The maximum Gasteiger partial charge on any atom is 0.201 e. The van der Waals surface area contributed by atoms with Gasteiger partial charge >= 0.3 is 0 Å². The number of benzene rings is 1. The lowest BCUT2D eigenvalue weighted by molar-refractivity contribution is -0.493. The predicted octanol–water partition coefficient (Wildman–Crippen LogP) is 3.80. The van der Waals surface area contributed by atoms with Crippen molar-refractivity contribution in [1.82, 2.24) is 0 Å². The van der Waals surface area contributed by atoms with Crippen LogP contribution in [0.1, 0.15) is 50.5 Å². The molecule has 0 N–H and O–H groups in total. The van der Waals surface area contributed by atoms with Crippen molar-refractivity contribution >= 4 is 0 Å². The molecule has 0 radical (unpaired) electrons. The number of hydrogen-bond acceptors (Lipinski definition) is 3. The first kappa shape index (κ1) is 13.1. The fourth-order valence-corrected chi connectivity index (χ4v) is 2.95. The van der Waals surface area contributed by atoms with Crippen LogP contribution < -0.4 is 0 Å². The maximum absolute atomic E-state index is 6.01. The SMILES string of the molecule is CC(c1ccccc1)C1COC2(CCCCC2)OO1. The third-order valence-electron chi connectivity index (χ3n) is 4.33. The molecule has 1 aliphatic heterocycles. The van der Waals surface area contributed by atoms with E-state index in [1.165, 1.54) is 24.8 Å². The van der Waals surface area contributed by atoms with Gasteiger partial charge in [-0.05, 0) is 18.4 Å². The lowest BCUT2D eigenvalue weighted by Crippen LogP contribution is -2.47. The Balaban J connectivity index is 1.60. The van der Waals surface area contributed by atoms with E-state index in [4.69, 9.17) is 14.5 Å². The third kappa shape index (κ3) is 2.83. The summed E-state index contributed by atoms with van der Waals surface area (Å²) in [4.78, 5) is 11.3. The molecule has 0 bridgehead atoms. The Labute approximate surface area is 114 Å². The molecule has 19 heavy (non-hydrogen) atoms. The van der Waals surface area contributed by atoms with Gasteiger partial charge in [-0.15, -0.1) is 0 Å². The van der Waals surface area contributed by atoms with Crippen molar-refractivity contribution in [2.24, 2.45) is 0 Å². The molecule has 3 rings (SSSR count). The second kappa shape index (κ2) is 5.61. The van der Waals surface area contributed by atoms with E-state index in [1.807, 2.05) is 6.07 Å². The summed E-state index contributed by atoms with van der Waals surface area (Å²) in [6.45, 7) is 2.78. The monoisotopic (exact) mass is 262 g/mol. The van der Waals surface area contributed by atoms with Crippen LogP contribution in [0.4, 0.5) is 0 Å². The molecule has 1 saturated heterocycles. The summed E-state index contributed by atoms with van der Waals surface area (Å²) in [5.41, 5.74) is 1.26. The molecule has 1 saturated carbocycles. The molecule has 1 aliphatic carbocycles. The van der Waals surface area contributed by atoms with Crippen LogP contribution in [0.15, 0.2) is 30.3 Å². The highest BCUT2D eigenvalue weighted by molar-refractivity contribution is 5.20. The molecule has 1 spiro atoms. The van der Waals surface area contributed by atoms with Crippen molar-refractivity contribution in [2.45, 2.75) is 56.8 Å². The second-order valence-corrected chi connectivity index (χ2v) is 5.70. The first-order valence-electron chi connectivity index (χ1n) is 7.32. The van der Waals surface area contributed by atoms with Crippen molar-refractivity contribution in [3.63, 3.8) is 0 Å². The molecule has 2 unspecified atom stereocenters. The van der Waals surface area contributed by atoms with Gasteiger partial charge < -0.3 is 4.74 Å². The molecule has 1 aromatic rings. The average Bonchev–Trinajstić information content (AvgIpc) is 2.49. The molecular weight excluding hydrogens is 240 g/mol. The van der Waals surface area contributed by atoms with Gasteiger partial charge in [0.25, 0.3) is 0 Å². The van der Waals surface area contributed by atoms with E-state index in [1.54, 1.807) is 0 Å². The fourth-order valence-electron chi connectivity index (χ4n) is 2.95. The van der Waals surface area contributed by atoms with Gasteiger partial charge in [0.2, 0.25) is 5.79 Å². The normalized spacial score (nSPS) is 28.2. The highest BCUT2D eigenvalue weighted by Crippen LogP contribution is 2.37. The summed E-state index contributed by atoms with van der Waals surface area (Å²) in [6, 6.07) is 10.4. The highest BCUT2D eigenvalue weighted by atomic mass is 17.2. The Morgan fingerprint density at radius 2 is 1.84 bits per heavy atom. The maximum atomic E-state index is 6.01. The molecule has 0 aromatic heterocycles. The molecule has 2 aliphatic rings. The molecule has 104 valence electrons. The Morgan fingerprint density at radius 3 is 2.47 bits per heavy atom. The van der Waals surface area contributed by atoms with Gasteiger partial charge in [-0.3, -0.25) is 0 Å². The minimum absolute atomic E-state index is 0.0186. The van der Waals surface area contributed by atoms with Crippen LogP contribution in [0.5, 0.6) is 0 Å². The summed E-state index contributed by atoms with van der Waals surface area (Å²) >= 11 is 0. The lowest BCUT2D eigenvalue weighted by Gasteiger charge is -2.42. The summed E-state index contributed by atoms with van der Waals surface area (Å²) in [7, 11) is 0. The largest absolute Gasteiger partial charge is 0.344 e. The first-order chi connectivity index (χ1) is 9.29. The highest BCUT2D eigenvalue weighted by Gasteiger charge is 2.41. The smallest absolute Gasteiger partial charge is 0.201 e. The topological polar surface area (TPSA) is 27.7 Å². The number of ether oxygens (including phenoxy) is 1. The Kier molecular flexibility index (Phi) is 3.87. The van der Waals surface area contributed by atoms with Crippen LogP contribution in [0.25, 0.3) is 0 Å². The van der Waals surface area contributed by atoms with Gasteiger partial charge in [-0.1, -0.05) is 43.7 Å². The number of hydrogen-bond donors (Lipinski definition) is 0. The lowest BCUT2D eigenvalue weighted by atomic mass is 9.93. The van der Waals surface area contributed by atoms with E-state index < -0.39 is 5.79 Å². The van der Waals surface area contributed by atoms with Gasteiger partial charge in [0.1, 0.15) is 6.10 Å². The minimum Gasteiger partial charge on any atom is -0.344 e. The zero-order valence-electron chi connectivity index (χ0n) is 11.5. The Hall–Kier alpha value is -0.900. The summed E-state index contributed by atoms with van der Waals surface area (Å²) in [6.07, 6.45) is 5.51. The van der Waals surface area contributed by atoms with Gasteiger partial charge in [0.15, 0.2) is 0 Å². The third-order valence-corrected chi connectivity index (χ3v) is 4.33. The van der Waals surface area contributed by atoms with E-state index in [0.717, 1.165) is 12.8 Å². The van der Waals surface area contributed by atoms with Gasteiger partial charge in [0, 0.05) is 18.8 Å². The van der Waals surface area contributed by atoms with Crippen LogP contribution in [0, 0.1) is 0 Å². The summed E-state index contributed by atoms with van der Waals surface area (Å²) < 4.78 is 6.01. The molecule has 3 heteroatoms. The summed E-state index contributed by atoms with van der Waals surface area (Å²) in [5.74, 6) is -0.173. The van der Waals surface area contributed by atoms with Gasteiger partial charge in [0.05, 0.1) is 6.61 Å². The predicted molar refractivity (Wildman–Crippen MR) is 72.6 cm³/mol. The van der Waals surface area contributed by atoms with Crippen LogP contribution in [-0.2, 0) is 14.5 Å². The number of rotatable bonds is 2. The van der Waals surface area contributed by atoms with Crippen LogP contribution >= 0.6 is 0 Å². The van der Waals surface area contributed by atoms with E-state index in [-0.39, 0.29) is 12.0 Å². The van der Waals surface area contributed by atoms with Crippen molar-refractivity contribution in [3.05, 3.63) is 35.9 Å². The van der Waals surface area contributed by atoms with Crippen LogP contribution in [-0.4, -0.2) is 18.5 Å². The minimum atomic E-state index is -0.453. The molecular formula is C16H22O3. The van der Waals surface area contributed by atoms with Crippen molar-refractivity contribution in [2.75, 3.05) is 6.61 Å². The molecule has 3 nitrogen and oxygen atoms in total. The van der Waals surface area contributed by atoms with Crippen molar-refractivity contribution in [3.8, 4) is 0 Å². The van der Waals surface area contributed by atoms with Crippen molar-refractivity contribution < 1.29 is 14.5 Å². The zero-order valence-corrected chi connectivity index (χ0v) is 11.5. The zero-order chi connectivity index (χ0) is 13.1. The molecule has 1 heterocycles. The van der Waals surface area contributed by atoms with Crippen molar-refractivity contribution in [1.29, 1.82) is 0 Å². The molecule has 2 atom stereocenters. The van der Waals surface area contributed by atoms with Crippen LogP contribution in [0.3, 0.4) is 0 Å². The molecule has 0 amide bonds. The van der Waals surface area contributed by atoms with Crippen LogP contribution in [0.2, 0.25) is 0 Å². The first-order valence-corrected chi connectivity index (χ1v) is 7.32. The quantitative estimate of drug-likeness (QED) is 0.759. The average molecular weight is 262 g/mol. The van der Waals surface area contributed by atoms with Gasteiger partial charge in [-0.25, -0.2) is 9.78 Å². The van der Waals surface area contributed by atoms with E-state index >= 15 is 0 Å².